The van der Waals surface area contributed by atoms with Gasteiger partial charge < -0.3 is 4.57 Å². The summed E-state index contributed by atoms with van der Waals surface area (Å²) in [6, 6.07) is 3.71. The number of aryl methyl sites for hydroxylation is 1. The monoisotopic (exact) mass is 479 g/mol. The molecule has 0 saturated heterocycles. The Balaban J connectivity index is 2.13. The summed E-state index contributed by atoms with van der Waals surface area (Å²) >= 11 is 0. The highest BCUT2D eigenvalue weighted by molar-refractivity contribution is 7.94. The highest BCUT2D eigenvalue weighted by Gasteiger charge is 2.53. The van der Waals surface area contributed by atoms with E-state index in [2.05, 4.69) is 14.7 Å². The molecule has 11 heteroatoms. The molecule has 0 aliphatic heterocycles. The SMILES string of the molecule is CCCC1(S(=O)(=O)Nc2cn(C(C)CN=[N+]=[N-])c(=O)c(F)c2Cc2ccc(C)cc2F)CC1. The Bertz CT molecular complexity index is 1270. The van der Waals surface area contributed by atoms with Crippen molar-refractivity contribution >= 4 is 15.7 Å². The van der Waals surface area contributed by atoms with Crippen molar-refractivity contribution in [2.24, 2.45) is 5.11 Å². The van der Waals surface area contributed by atoms with Crippen LogP contribution in [0.15, 0.2) is 34.3 Å². The molecule has 1 saturated carbocycles. The van der Waals surface area contributed by atoms with E-state index in [0.717, 1.165) is 4.57 Å². The first-order valence-electron chi connectivity index (χ1n) is 10.8. The fraction of sp³-hybridized carbons (Fsp3) is 0.500. The van der Waals surface area contributed by atoms with Crippen LogP contribution in [0.5, 0.6) is 0 Å². The molecule has 1 heterocycles. The normalized spacial score (nSPS) is 15.5. The van der Waals surface area contributed by atoms with Gasteiger partial charge in [0.15, 0.2) is 5.82 Å². The van der Waals surface area contributed by atoms with Crippen molar-refractivity contribution in [1.29, 1.82) is 0 Å². The van der Waals surface area contributed by atoms with Crippen LogP contribution in [0.2, 0.25) is 0 Å². The average Bonchev–Trinajstić information content (AvgIpc) is 3.54. The summed E-state index contributed by atoms with van der Waals surface area (Å²) < 4.78 is 58.8. The van der Waals surface area contributed by atoms with Gasteiger partial charge in [-0.2, -0.15) is 0 Å². The smallest absolute Gasteiger partial charge is 0.287 e. The van der Waals surface area contributed by atoms with E-state index in [1.807, 2.05) is 6.92 Å². The maximum absolute atomic E-state index is 15.3. The number of anilines is 1. The van der Waals surface area contributed by atoms with Crippen molar-refractivity contribution in [1.82, 2.24) is 4.57 Å². The molecule has 33 heavy (non-hydrogen) atoms. The van der Waals surface area contributed by atoms with Crippen LogP contribution in [0.4, 0.5) is 14.5 Å². The summed E-state index contributed by atoms with van der Waals surface area (Å²) in [4.78, 5) is 15.4. The van der Waals surface area contributed by atoms with E-state index in [9.17, 15) is 17.6 Å². The summed E-state index contributed by atoms with van der Waals surface area (Å²) in [5, 5.41) is 3.42. The average molecular weight is 480 g/mol. The first-order valence-corrected chi connectivity index (χ1v) is 12.3. The third-order valence-electron chi connectivity index (χ3n) is 6.07. The zero-order valence-corrected chi connectivity index (χ0v) is 19.6. The first-order chi connectivity index (χ1) is 15.5. The number of aromatic nitrogens is 1. The second-order valence-electron chi connectivity index (χ2n) is 8.62. The van der Waals surface area contributed by atoms with Gasteiger partial charge in [-0.05, 0) is 55.8 Å². The highest BCUT2D eigenvalue weighted by atomic mass is 32.2. The number of halogens is 2. The topological polar surface area (TPSA) is 117 Å². The lowest BCUT2D eigenvalue weighted by Gasteiger charge is -2.22. The number of nitrogens with zero attached hydrogens (tertiary/aromatic N) is 4. The van der Waals surface area contributed by atoms with Crippen LogP contribution in [0, 0.1) is 18.6 Å². The van der Waals surface area contributed by atoms with Crippen LogP contribution < -0.4 is 10.3 Å². The van der Waals surface area contributed by atoms with Crippen molar-refractivity contribution in [3.63, 3.8) is 0 Å². The summed E-state index contributed by atoms with van der Waals surface area (Å²) in [6.45, 7) is 5.01. The second kappa shape index (κ2) is 9.52. The van der Waals surface area contributed by atoms with Crippen LogP contribution in [-0.4, -0.2) is 24.3 Å². The molecule has 1 atom stereocenters. The molecule has 1 fully saturated rings. The molecule has 0 radical (unpaired) electrons. The van der Waals surface area contributed by atoms with Crippen molar-refractivity contribution in [3.05, 3.63) is 73.5 Å². The van der Waals surface area contributed by atoms with Crippen LogP contribution in [0.25, 0.3) is 10.4 Å². The molecule has 1 unspecified atom stereocenters. The summed E-state index contributed by atoms with van der Waals surface area (Å²) in [5.41, 5.74) is 8.02. The van der Waals surface area contributed by atoms with Gasteiger partial charge in [0.2, 0.25) is 10.0 Å². The Labute approximate surface area is 191 Å². The van der Waals surface area contributed by atoms with E-state index < -0.39 is 38.0 Å². The lowest BCUT2D eigenvalue weighted by Crippen LogP contribution is -2.33. The first kappa shape index (κ1) is 24.7. The number of hydrogen-bond acceptors (Lipinski definition) is 4. The summed E-state index contributed by atoms with van der Waals surface area (Å²) in [5.74, 6) is -1.75. The zero-order chi connectivity index (χ0) is 24.4. The molecule has 0 bridgehead atoms. The summed E-state index contributed by atoms with van der Waals surface area (Å²) in [7, 11) is -3.89. The number of nitrogens with one attached hydrogen (secondary N) is 1. The van der Waals surface area contributed by atoms with E-state index in [1.54, 1.807) is 19.9 Å². The number of hydrogen-bond donors (Lipinski definition) is 1. The van der Waals surface area contributed by atoms with Gasteiger partial charge in [-0.1, -0.05) is 30.6 Å². The molecular formula is C22H27F2N5O3S. The molecule has 1 aromatic carbocycles. The summed E-state index contributed by atoms with van der Waals surface area (Å²) in [6.07, 6.45) is 3.02. The molecule has 178 valence electrons. The van der Waals surface area contributed by atoms with E-state index in [4.69, 9.17) is 5.53 Å². The van der Waals surface area contributed by atoms with E-state index in [1.165, 1.54) is 18.3 Å². The maximum atomic E-state index is 15.3. The predicted octanol–water partition coefficient (Wildman–Crippen LogP) is 4.97. The largest absolute Gasteiger partial charge is 0.308 e. The van der Waals surface area contributed by atoms with Gasteiger partial charge in [-0.15, -0.1) is 0 Å². The van der Waals surface area contributed by atoms with Crippen LogP contribution in [-0.2, 0) is 16.4 Å². The van der Waals surface area contributed by atoms with Crippen molar-refractivity contribution in [3.8, 4) is 0 Å². The molecule has 2 aromatic rings. The molecule has 3 rings (SSSR count). The fourth-order valence-electron chi connectivity index (χ4n) is 3.95. The van der Waals surface area contributed by atoms with Crippen molar-refractivity contribution in [2.75, 3.05) is 11.3 Å². The number of pyridine rings is 1. The number of rotatable bonds is 10. The highest BCUT2D eigenvalue weighted by Crippen LogP contribution is 2.48. The predicted molar refractivity (Wildman–Crippen MR) is 123 cm³/mol. The van der Waals surface area contributed by atoms with E-state index >= 15 is 4.39 Å². The Kier molecular flexibility index (Phi) is 7.14. The molecule has 1 aliphatic carbocycles. The Hall–Kier alpha value is -2.91. The van der Waals surface area contributed by atoms with Gasteiger partial charge in [0, 0.05) is 35.7 Å². The standard InChI is InChI=1S/C22H27F2N5O3S/c1-4-7-22(8-9-22)33(31,32)27-19-13-29(15(3)12-26-28-25)21(30)20(24)17(19)11-16-6-5-14(2)10-18(16)23/h5-6,10,13,15,27H,4,7-9,11-12H2,1-3H3. The second-order valence-corrected chi connectivity index (χ2v) is 10.7. The minimum atomic E-state index is -3.89. The lowest BCUT2D eigenvalue weighted by atomic mass is 10.0. The molecule has 1 aromatic heterocycles. The molecule has 1 aliphatic rings. The number of sulfonamides is 1. The lowest BCUT2D eigenvalue weighted by molar-refractivity contribution is 0.499. The van der Waals surface area contributed by atoms with Gasteiger partial charge in [0.05, 0.1) is 10.4 Å². The van der Waals surface area contributed by atoms with Gasteiger partial charge >= 0.3 is 0 Å². The van der Waals surface area contributed by atoms with Crippen molar-refractivity contribution < 1.29 is 17.2 Å². The van der Waals surface area contributed by atoms with Crippen molar-refractivity contribution in [2.45, 2.75) is 63.7 Å². The van der Waals surface area contributed by atoms with Gasteiger partial charge in [0.1, 0.15) is 5.82 Å². The molecule has 0 amide bonds. The third kappa shape index (κ3) is 5.04. The Morgan fingerprint density at radius 3 is 2.61 bits per heavy atom. The fourth-order valence-corrected chi connectivity index (χ4v) is 5.75. The van der Waals surface area contributed by atoms with Gasteiger partial charge in [-0.25, -0.2) is 17.2 Å². The Morgan fingerprint density at radius 1 is 1.33 bits per heavy atom. The third-order valence-corrected chi connectivity index (χ3v) is 8.31. The van der Waals surface area contributed by atoms with Gasteiger partial charge in [0.25, 0.3) is 5.56 Å². The van der Waals surface area contributed by atoms with E-state index in [0.29, 0.717) is 31.2 Å². The molecular weight excluding hydrogens is 452 g/mol. The zero-order valence-electron chi connectivity index (χ0n) is 18.8. The van der Waals surface area contributed by atoms with Gasteiger partial charge in [-0.3, -0.25) is 9.52 Å². The van der Waals surface area contributed by atoms with Crippen LogP contribution in [0.1, 0.15) is 62.3 Å². The molecule has 0 spiro atoms. The molecule has 1 N–H and O–H groups in total. The minimum absolute atomic E-state index is 0.123. The van der Waals surface area contributed by atoms with E-state index in [-0.39, 0.29) is 29.8 Å². The van der Waals surface area contributed by atoms with Crippen LogP contribution in [0.3, 0.4) is 0 Å². The number of azide groups is 1. The number of benzene rings is 1. The molecule has 8 nitrogen and oxygen atoms in total. The maximum Gasteiger partial charge on any atom is 0.287 e. The Morgan fingerprint density at radius 2 is 2.03 bits per heavy atom. The quantitative estimate of drug-likeness (QED) is 0.294. The minimum Gasteiger partial charge on any atom is -0.308 e. The van der Waals surface area contributed by atoms with Crippen LogP contribution >= 0.6 is 0 Å².